The molecule has 1 heterocycles. The van der Waals surface area contributed by atoms with Crippen molar-refractivity contribution in [2.24, 2.45) is 0 Å². The Balaban J connectivity index is 3.68. The van der Waals surface area contributed by atoms with E-state index in [0.717, 1.165) is 0 Å². The summed E-state index contributed by atoms with van der Waals surface area (Å²) in [5.74, 6) is -0.968. The molecule has 4 nitrogen and oxygen atoms in total. The summed E-state index contributed by atoms with van der Waals surface area (Å²) in [4.78, 5) is 2.07. The molecule has 1 rings (SSSR count). The average Bonchev–Trinajstić information content (AvgIpc) is 2.05. The second-order valence-electron chi connectivity index (χ2n) is 2.42. The van der Waals surface area contributed by atoms with Gasteiger partial charge in [-0.25, -0.2) is 22.2 Å². The van der Waals surface area contributed by atoms with Gasteiger partial charge in [-0.2, -0.15) is 0 Å². The van der Waals surface area contributed by atoms with Crippen molar-refractivity contribution >= 4 is 31.3 Å². The maximum Gasteiger partial charge on any atom is 0.268 e. The van der Waals surface area contributed by atoms with E-state index in [9.17, 15) is 17.2 Å². The van der Waals surface area contributed by atoms with Gasteiger partial charge in [0.1, 0.15) is 10.0 Å². The first-order valence-corrected chi connectivity index (χ1v) is 6.04. The van der Waals surface area contributed by atoms with Crippen molar-refractivity contribution in [3.05, 3.63) is 16.9 Å². The molecule has 15 heavy (non-hydrogen) atoms. The fourth-order valence-electron chi connectivity index (χ4n) is 0.923. The maximum atomic E-state index is 12.4. The molecule has 0 aliphatic rings. The molecule has 0 aliphatic carbocycles. The third kappa shape index (κ3) is 2.47. The van der Waals surface area contributed by atoms with Gasteiger partial charge in [0, 0.05) is 10.7 Å². The van der Waals surface area contributed by atoms with E-state index in [0.29, 0.717) is 6.20 Å². The van der Waals surface area contributed by atoms with Crippen molar-refractivity contribution < 1.29 is 22.3 Å². The molecule has 0 atom stereocenters. The molecule has 0 fully saturated rings. The molecule has 0 saturated carbocycles. The van der Waals surface area contributed by atoms with Crippen LogP contribution in [0.2, 0.25) is 5.15 Å². The van der Waals surface area contributed by atoms with Gasteiger partial charge in [-0.1, -0.05) is 11.6 Å². The van der Waals surface area contributed by atoms with Gasteiger partial charge in [0.05, 0.1) is 11.8 Å². The smallest absolute Gasteiger partial charge is 0.268 e. The summed E-state index contributed by atoms with van der Waals surface area (Å²) in [6, 6.07) is 0. The van der Waals surface area contributed by atoms with Gasteiger partial charge in [-0.05, 0) is 0 Å². The SMILES string of the molecule is O=S(=O)(Cl)c1c(O)cnc(Cl)c1C(F)F. The van der Waals surface area contributed by atoms with Crippen LogP contribution < -0.4 is 0 Å². The van der Waals surface area contributed by atoms with Gasteiger partial charge in [-0.3, -0.25) is 0 Å². The lowest BCUT2D eigenvalue weighted by Gasteiger charge is -2.08. The Morgan fingerprint density at radius 2 is 2.00 bits per heavy atom. The Morgan fingerprint density at radius 1 is 1.47 bits per heavy atom. The third-order valence-electron chi connectivity index (χ3n) is 1.46. The predicted octanol–water partition coefficient (Wildman–Crippen LogP) is 2.31. The number of aromatic hydroxyl groups is 1. The Morgan fingerprint density at radius 3 is 2.33 bits per heavy atom. The monoisotopic (exact) mass is 277 g/mol. The minimum absolute atomic E-state index is 0.628. The van der Waals surface area contributed by atoms with Crippen molar-refractivity contribution in [2.75, 3.05) is 0 Å². The minimum Gasteiger partial charge on any atom is -0.505 e. The van der Waals surface area contributed by atoms with Crippen molar-refractivity contribution in [2.45, 2.75) is 11.3 Å². The van der Waals surface area contributed by atoms with Crippen LogP contribution in [0.5, 0.6) is 5.75 Å². The number of halogens is 4. The molecular weight excluding hydrogens is 275 g/mol. The summed E-state index contributed by atoms with van der Waals surface area (Å²) >= 11 is 5.28. The van der Waals surface area contributed by atoms with Crippen LogP contribution in [-0.2, 0) is 9.05 Å². The largest absolute Gasteiger partial charge is 0.505 e. The molecule has 0 radical (unpaired) electrons. The van der Waals surface area contributed by atoms with E-state index in [4.69, 9.17) is 27.4 Å². The zero-order valence-corrected chi connectivity index (χ0v) is 9.11. The molecule has 0 spiro atoms. The summed E-state index contributed by atoms with van der Waals surface area (Å²) in [7, 11) is 0.364. The molecule has 0 aromatic carbocycles. The van der Waals surface area contributed by atoms with Gasteiger partial charge < -0.3 is 5.11 Å². The van der Waals surface area contributed by atoms with Crippen LogP contribution >= 0.6 is 22.3 Å². The summed E-state index contributed by atoms with van der Waals surface area (Å²) in [5, 5.41) is 8.36. The Kier molecular flexibility index (Phi) is 3.37. The molecule has 1 aromatic heterocycles. The fraction of sp³-hybridized carbons (Fsp3) is 0.167. The summed E-state index contributed by atoms with van der Waals surface area (Å²) in [5.41, 5.74) is -1.10. The molecule has 1 aromatic rings. The Labute approximate surface area is 92.9 Å². The molecule has 9 heteroatoms. The minimum atomic E-state index is -4.51. The van der Waals surface area contributed by atoms with Crippen LogP contribution in [0.3, 0.4) is 0 Å². The van der Waals surface area contributed by atoms with E-state index < -0.39 is 36.8 Å². The highest BCUT2D eigenvalue weighted by atomic mass is 35.7. The quantitative estimate of drug-likeness (QED) is 0.665. The zero-order chi connectivity index (χ0) is 11.8. The standard InChI is InChI=1S/C6H3Cl2F2NO3S/c7-5-3(6(9)10)4(15(8,13)14)2(12)1-11-5/h1,6,12H. The number of hydrogen-bond acceptors (Lipinski definition) is 4. The van der Waals surface area contributed by atoms with Crippen LogP contribution in [0.1, 0.15) is 12.0 Å². The first-order chi connectivity index (χ1) is 6.75. The number of alkyl halides is 2. The van der Waals surface area contributed by atoms with Gasteiger partial charge in [0.2, 0.25) is 0 Å². The highest BCUT2D eigenvalue weighted by molar-refractivity contribution is 8.13. The second-order valence-corrected chi connectivity index (χ2v) is 5.28. The van der Waals surface area contributed by atoms with E-state index in [1.165, 1.54) is 0 Å². The van der Waals surface area contributed by atoms with Crippen molar-refractivity contribution in [1.29, 1.82) is 0 Å². The van der Waals surface area contributed by atoms with Gasteiger partial charge in [0.15, 0.2) is 5.75 Å². The third-order valence-corrected chi connectivity index (χ3v) is 3.14. The molecule has 0 aliphatic heterocycles. The molecule has 1 N–H and O–H groups in total. The van der Waals surface area contributed by atoms with Crippen molar-refractivity contribution in [1.82, 2.24) is 4.98 Å². The van der Waals surface area contributed by atoms with E-state index in [-0.39, 0.29) is 0 Å². The number of aromatic nitrogens is 1. The highest BCUT2D eigenvalue weighted by Gasteiger charge is 2.29. The molecule has 0 amide bonds. The van der Waals surface area contributed by atoms with Crippen LogP contribution in [0.25, 0.3) is 0 Å². The lowest BCUT2D eigenvalue weighted by molar-refractivity contribution is 0.147. The molecule has 0 bridgehead atoms. The van der Waals surface area contributed by atoms with E-state index in [1.54, 1.807) is 0 Å². The van der Waals surface area contributed by atoms with Gasteiger partial charge in [-0.15, -0.1) is 0 Å². The van der Waals surface area contributed by atoms with Crippen LogP contribution in [0, 0.1) is 0 Å². The van der Waals surface area contributed by atoms with Gasteiger partial charge >= 0.3 is 0 Å². The lowest BCUT2D eigenvalue weighted by atomic mass is 10.3. The van der Waals surface area contributed by atoms with Crippen molar-refractivity contribution in [3.8, 4) is 5.75 Å². The second kappa shape index (κ2) is 4.07. The molecule has 0 unspecified atom stereocenters. The predicted molar refractivity (Wildman–Crippen MR) is 48.9 cm³/mol. The first-order valence-electron chi connectivity index (χ1n) is 3.35. The summed E-state index contributed by atoms with van der Waals surface area (Å²) < 4.78 is 46.7. The number of rotatable bonds is 2. The van der Waals surface area contributed by atoms with E-state index in [1.807, 2.05) is 0 Å². The van der Waals surface area contributed by atoms with Crippen LogP contribution in [0.4, 0.5) is 8.78 Å². The van der Waals surface area contributed by atoms with Crippen LogP contribution in [0.15, 0.2) is 11.1 Å². The first kappa shape index (κ1) is 12.4. The number of hydrogen-bond donors (Lipinski definition) is 1. The van der Waals surface area contributed by atoms with Crippen LogP contribution in [-0.4, -0.2) is 18.5 Å². The highest BCUT2D eigenvalue weighted by Crippen LogP contribution is 2.38. The zero-order valence-electron chi connectivity index (χ0n) is 6.79. The van der Waals surface area contributed by atoms with Gasteiger partial charge in [0.25, 0.3) is 15.5 Å². The summed E-state index contributed by atoms with van der Waals surface area (Å²) in [6.07, 6.45) is -2.58. The molecule has 84 valence electrons. The van der Waals surface area contributed by atoms with Crippen molar-refractivity contribution in [3.63, 3.8) is 0 Å². The molecule has 0 saturated heterocycles. The normalized spacial score (nSPS) is 12.1. The Hall–Kier alpha value is -0.660. The van der Waals surface area contributed by atoms with E-state index >= 15 is 0 Å². The fourth-order valence-corrected chi connectivity index (χ4v) is 2.44. The lowest BCUT2D eigenvalue weighted by Crippen LogP contribution is -2.01. The topological polar surface area (TPSA) is 67.3 Å². The number of nitrogens with zero attached hydrogens (tertiary/aromatic N) is 1. The average molecular weight is 278 g/mol. The summed E-state index contributed by atoms with van der Waals surface area (Å²) in [6.45, 7) is 0. The van der Waals surface area contributed by atoms with E-state index in [2.05, 4.69) is 4.98 Å². The number of pyridine rings is 1. The molecular formula is C6H3Cl2F2NO3S. The maximum absolute atomic E-state index is 12.4. The Bertz CT molecular complexity index is 491.